The van der Waals surface area contributed by atoms with Crippen molar-refractivity contribution in [3.63, 3.8) is 0 Å². The normalized spacial score (nSPS) is 11.1. The number of methoxy groups -OCH3 is 1. The van der Waals surface area contributed by atoms with Gasteiger partial charge in [0.15, 0.2) is 0 Å². The van der Waals surface area contributed by atoms with Crippen LogP contribution in [0.4, 0.5) is 5.69 Å². The molecule has 0 heterocycles. The van der Waals surface area contributed by atoms with Gasteiger partial charge in [0.1, 0.15) is 12.3 Å². The zero-order valence-corrected chi connectivity index (χ0v) is 21.3. The molecule has 3 aromatic carbocycles. The maximum atomic E-state index is 13.6. The van der Waals surface area contributed by atoms with Gasteiger partial charge in [0.25, 0.3) is 10.0 Å². The molecule has 0 radical (unpaired) electrons. The highest BCUT2D eigenvalue weighted by molar-refractivity contribution is 7.98. The van der Waals surface area contributed by atoms with Crippen LogP contribution in [0, 0.1) is 13.8 Å². The Morgan fingerprint density at radius 2 is 1.65 bits per heavy atom. The SMILES string of the molecule is COc1ccc(C)cc1N(CC(=O)NCCSCc1ccccc1)S(=O)(=O)c1ccc(C)cc1. The van der Waals surface area contributed by atoms with Crippen molar-refractivity contribution in [3.8, 4) is 5.75 Å². The van der Waals surface area contributed by atoms with Crippen LogP contribution in [0.25, 0.3) is 0 Å². The van der Waals surface area contributed by atoms with Crippen LogP contribution in [0.3, 0.4) is 0 Å². The zero-order valence-electron chi connectivity index (χ0n) is 19.7. The number of benzene rings is 3. The van der Waals surface area contributed by atoms with Crippen LogP contribution >= 0.6 is 11.8 Å². The molecule has 0 aliphatic carbocycles. The first-order valence-electron chi connectivity index (χ1n) is 10.9. The van der Waals surface area contributed by atoms with E-state index >= 15 is 0 Å². The quantitative estimate of drug-likeness (QED) is 0.393. The molecule has 6 nitrogen and oxygen atoms in total. The summed E-state index contributed by atoms with van der Waals surface area (Å²) in [5, 5.41) is 2.85. The minimum Gasteiger partial charge on any atom is -0.495 e. The Hall–Kier alpha value is -2.97. The second kappa shape index (κ2) is 11.9. The lowest BCUT2D eigenvalue weighted by Crippen LogP contribution is -2.41. The second-order valence-electron chi connectivity index (χ2n) is 7.89. The van der Waals surface area contributed by atoms with Gasteiger partial charge in [0, 0.05) is 18.1 Å². The van der Waals surface area contributed by atoms with Gasteiger partial charge in [-0.1, -0.05) is 54.1 Å². The molecule has 8 heteroatoms. The van der Waals surface area contributed by atoms with Crippen LogP contribution in [0.1, 0.15) is 16.7 Å². The lowest BCUT2D eigenvalue weighted by Gasteiger charge is -2.26. The summed E-state index contributed by atoms with van der Waals surface area (Å²) in [6.07, 6.45) is 0. The lowest BCUT2D eigenvalue weighted by molar-refractivity contribution is -0.119. The van der Waals surface area contributed by atoms with Gasteiger partial charge in [-0.15, -0.1) is 0 Å². The molecule has 0 aliphatic heterocycles. The fourth-order valence-electron chi connectivity index (χ4n) is 3.35. The molecule has 0 saturated heterocycles. The van der Waals surface area contributed by atoms with Gasteiger partial charge >= 0.3 is 0 Å². The van der Waals surface area contributed by atoms with Crippen LogP contribution in [0.15, 0.2) is 77.7 Å². The highest BCUT2D eigenvalue weighted by atomic mass is 32.2. The molecule has 0 unspecified atom stereocenters. The number of nitrogens with one attached hydrogen (secondary N) is 1. The van der Waals surface area contributed by atoms with E-state index in [9.17, 15) is 13.2 Å². The van der Waals surface area contributed by atoms with Crippen molar-refractivity contribution in [2.45, 2.75) is 24.5 Å². The number of anilines is 1. The van der Waals surface area contributed by atoms with Crippen molar-refractivity contribution in [1.29, 1.82) is 0 Å². The average Bonchev–Trinajstić information content (AvgIpc) is 2.83. The van der Waals surface area contributed by atoms with Gasteiger partial charge in [0.05, 0.1) is 17.7 Å². The number of ether oxygens (including phenoxy) is 1. The van der Waals surface area contributed by atoms with Gasteiger partial charge < -0.3 is 10.1 Å². The predicted octanol–water partition coefficient (Wildman–Crippen LogP) is 4.56. The van der Waals surface area contributed by atoms with E-state index in [1.54, 1.807) is 48.2 Å². The van der Waals surface area contributed by atoms with E-state index in [2.05, 4.69) is 17.4 Å². The number of carbonyl (C=O) groups excluding carboxylic acids is 1. The third kappa shape index (κ3) is 6.77. The first-order chi connectivity index (χ1) is 16.3. The molecule has 1 N–H and O–H groups in total. The summed E-state index contributed by atoms with van der Waals surface area (Å²) in [7, 11) is -2.52. The van der Waals surface area contributed by atoms with Gasteiger partial charge in [-0.3, -0.25) is 9.10 Å². The summed E-state index contributed by atoms with van der Waals surface area (Å²) in [4.78, 5) is 12.9. The van der Waals surface area contributed by atoms with Crippen LogP contribution < -0.4 is 14.4 Å². The standard InChI is InChI=1S/C26H30N2O4S2/c1-20-9-12-23(13-10-20)34(30,31)28(24-17-21(2)11-14-25(24)32-3)18-26(29)27-15-16-33-19-22-7-5-4-6-8-22/h4-14,17H,15-16,18-19H2,1-3H3,(H,27,29). The Kier molecular flexibility index (Phi) is 9.01. The minimum atomic E-state index is -4.00. The van der Waals surface area contributed by atoms with Crippen LogP contribution in [-0.2, 0) is 20.6 Å². The number of amides is 1. The lowest BCUT2D eigenvalue weighted by atomic mass is 10.2. The fraction of sp³-hybridized carbons (Fsp3) is 0.269. The molecule has 0 aliphatic rings. The molecule has 1 amide bonds. The molecular formula is C26H30N2O4S2. The maximum absolute atomic E-state index is 13.6. The van der Waals surface area contributed by atoms with E-state index in [0.717, 1.165) is 26.9 Å². The van der Waals surface area contributed by atoms with Gasteiger partial charge in [-0.2, -0.15) is 11.8 Å². The van der Waals surface area contributed by atoms with E-state index in [1.165, 1.54) is 12.7 Å². The van der Waals surface area contributed by atoms with E-state index in [0.29, 0.717) is 18.0 Å². The number of carbonyl (C=O) groups is 1. The summed E-state index contributed by atoms with van der Waals surface area (Å²) in [5.74, 6) is 1.58. The van der Waals surface area contributed by atoms with Gasteiger partial charge in [-0.25, -0.2) is 8.42 Å². The Labute approximate surface area is 206 Å². The Bertz CT molecular complexity index is 1200. The van der Waals surface area contributed by atoms with Crippen molar-refractivity contribution in [3.05, 3.63) is 89.5 Å². The molecule has 0 saturated carbocycles. The summed E-state index contributed by atoms with van der Waals surface area (Å²) in [5.41, 5.74) is 3.36. The monoisotopic (exact) mass is 498 g/mol. The number of hydrogen-bond acceptors (Lipinski definition) is 5. The molecular weight excluding hydrogens is 468 g/mol. The summed E-state index contributed by atoms with van der Waals surface area (Å²) >= 11 is 1.71. The second-order valence-corrected chi connectivity index (χ2v) is 10.9. The number of aryl methyl sites for hydroxylation is 2. The highest BCUT2D eigenvalue weighted by Crippen LogP contribution is 2.33. The van der Waals surface area contributed by atoms with Crippen molar-refractivity contribution in [1.82, 2.24) is 5.32 Å². The number of thioether (sulfide) groups is 1. The molecule has 0 atom stereocenters. The average molecular weight is 499 g/mol. The van der Waals surface area contributed by atoms with Crippen LogP contribution in [0.2, 0.25) is 0 Å². The van der Waals surface area contributed by atoms with E-state index in [-0.39, 0.29) is 17.3 Å². The Morgan fingerprint density at radius 3 is 2.32 bits per heavy atom. The molecule has 0 spiro atoms. The first-order valence-corrected chi connectivity index (χ1v) is 13.5. The van der Waals surface area contributed by atoms with Crippen molar-refractivity contribution < 1.29 is 17.9 Å². The van der Waals surface area contributed by atoms with Gasteiger partial charge in [-0.05, 0) is 49.2 Å². The van der Waals surface area contributed by atoms with Crippen LogP contribution in [-0.4, -0.2) is 40.3 Å². The number of sulfonamides is 1. The summed E-state index contributed by atoms with van der Waals surface area (Å²) in [6.45, 7) is 3.85. The van der Waals surface area contributed by atoms with E-state index < -0.39 is 10.0 Å². The molecule has 3 aromatic rings. The summed E-state index contributed by atoms with van der Waals surface area (Å²) < 4.78 is 33.7. The Morgan fingerprint density at radius 1 is 0.971 bits per heavy atom. The first kappa shape index (κ1) is 25.6. The van der Waals surface area contributed by atoms with E-state index in [1.807, 2.05) is 38.1 Å². The topological polar surface area (TPSA) is 75.7 Å². The van der Waals surface area contributed by atoms with Crippen molar-refractivity contribution in [2.24, 2.45) is 0 Å². The zero-order chi connectivity index (χ0) is 24.6. The molecule has 0 aromatic heterocycles. The number of hydrogen-bond donors (Lipinski definition) is 1. The minimum absolute atomic E-state index is 0.118. The molecule has 180 valence electrons. The molecule has 34 heavy (non-hydrogen) atoms. The molecule has 0 bridgehead atoms. The van der Waals surface area contributed by atoms with Crippen molar-refractivity contribution >= 4 is 33.4 Å². The predicted molar refractivity (Wildman–Crippen MR) is 139 cm³/mol. The van der Waals surface area contributed by atoms with Crippen LogP contribution in [0.5, 0.6) is 5.75 Å². The molecule has 3 rings (SSSR count). The van der Waals surface area contributed by atoms with Gasteiger partial charge in [0.2, 0.25) is 5.91 Å². The highest BCUT2D eigenvalue weighted by Gasteiger charge is 2.29. The fourth-order valence-corrected chi connectivity index (χ4v) is 5.59. The third-order valence-corrected chi connectivity index (χ3v) is 7.98. The van der Waals surface area contributed by atoms with E-state index in [4.69, 9.17) is 4.74 Å². The maximum Gasteiger partial charge on any atom is 0.264 e. The largest absolute Gasteiger partial charge is 0.495 e. The molecule has 0 fully saturated rings. The summed E-state index contributed by atoms with van der Waals surface area (Å²) in [6, 6.07) is 22.0. The third-order valence-electron chi connectivity index (χ3n) is 5.18. The Balaban J connectivity index is 1.74. The number of rotatable bonds is 11. The smallest absolute Gasteiger partial charge is 0.264 e. The number of nitrogens with zero attached hydrogens (tertiary/aromatic N) is 1. The van der Waals surface area contributed by atoms with Crippen molar-refractivity contribution in [2.75, 3.05) is 30.3 Å².